The highest BCUT2D eigenvalue weighted by molar-refractivity contribution is 6.30. The van der Waals surface area contributed by atoms with Crippen molar-refractivity contribution in [1.29, 1.82) is 0 Å². The summed E-state index contributed by atoms with van der Waals surface area (Å²) in [5.41, 5.74) is 1.92. The number of aryl methyl sites for hydroxylation is 1. The fourth-order valence-electron chi connectivity index (χ4n) is 2.44. The standard InChI is InChI=1S/C19H18ClN3O2/c1-13(14-8-10-21-11-9-14)23-18(24)6-7-19-22-12-17(25-19)15-2-4-16(20)5-3-15/h2-5,8-13H,6-7H2,1H3,(H,23,24). The lowest BCUT2D eigenvalue weighted by atomic mass is 10.1. The summed E-state index contributed by atoms with van der Waals surface area (Å²) in [6.45, 7) is 1.94. The van der Waals surface area contributed by atoms with E-state index in [2.05, 4.69) is 15.3 Å². The summed E-state index contributed by atoms with van der Waals surface area (Å²) in [6, 6.07) is 11.0. The third-order valence-corrected chi connectivity index (χ3v) is 4.08. The van der Waals surface area contributed by atoms with Crippen molar-refractivity contribution in [2.75, 3.05) is 0 Å². The van der Waals surface area contributed by atoms with Gasteiger partial charge in [-0.3, -0.25) is 9.78 Å². The smallest absolute Gasteiger partial charge is 0.220 e. The highest BCUT2D eigenvalue weighted by atomic mass is 35.5. The minimum Gasteiger partial charge on any atom is -0.441 e. The first kappa shape index (κ1) is 17.2. The second-order valence-electron chi connectivity index (χ2n) is 5.69. The van der Waals surface area contributed by atoms with Crippen LogP contribution in [0.4, 0.5) is 0 Å². The second-order valence-corrected chi connectivity index (χ2v) is 6.13. The van der Waals surface area contributed by atoms with Gasteiger partial charge in [0.05, 0.1) is 12.2 Å². The molecule has 0 saturated heterocycles. The molecule has 2 aromatic heterocycles. The van der Waals surface area contributed by atoms with Gasteiger partial charge in [0.2, 0.25) is 5.91 Å². The lowest BCUT2D eigenvalue weighted by Crippen LogP contribution is -2.26. The number of carbonyl (C=O) groups excluding carboxylic acids is 1. The molecular weight excluding hydrogens is 338 g/mol. The Hall–Kier alpha value is -2.66. The zero-order chi connectivity index (χ0) is 17.6. The molecule has 0 aliphatic rings. The Morgan fingerprint density at radius 3 is 2.64 bits per heavy atom. The molecular formula is C19H18ClN3O2. The van der Waals surface area contributed by atoms with E-state index in [0.29, 0.717) is 29.5 Å². The van der Waals surface area contributed by atoms with Crippen LogP contribution in [0.2, 0.25) is 5.02 Å². The maximum atomic E-state index is 12.1. The minimum atomic E-state index is -0.0651. The van der Waals surface area contributed by atoms with E-state index >= 15 is 0 Å². The molecule has 2 heterocycles. The molecule has 3 aromatic rings. The van der Waals surface area contributed by atoms with Gasteiger partial charge in [-0.25, -0.2) is 4.98 Å². The molecule has 1 amide bonds. The van der Waals surface area contributed by atoms with Crippen molar-refractivity contribution < 1.29 is 9.21 Å². The number of hydrogen-bond donors (Lipinski definition) is 1. The normalized spacial score (nSPS) is 11.9. The minimum absolute atomic E-state index is 0.0458. The average molecular weight is 356 g/mol. The molecule has 25 heavy (non-hydrogen) atoms. The lowest BCUT2D eigenvalue weighted by molar-refractivity contribution is -0.121. The van der Waals surface area contributed by atoms with Crippen LogP contribution in [0.1, 0.15) is 30.8 Å². The van der Waals surface area contributed by atoms with Crippen LogP contribution in [-0.2, 0) is 11.2 Å². The maximum absolute atomic E-state index is 12.1. The monoisotopic (exact) mass is 355 g/mol. The fraction of sp³-hybridized carbons (Fsp3) is 0.211. The van der Waals surface area contributed by atoms with Gasteiger partial charge in [-0.05, 0) is 48.9 Å². The summed E-state index contributed by atoms with van der Waals surface area (Å²) in [5, 5.41) is 3.63. The molecule has 0 bridgehead atoms. The molecule has 3 rings (SSSR count). The first-order chi connectivity index (χ1) is 12.1. The van der Waals surface area contributed by atoms with Crippen molar-refractivity contribution in [2.45, 2.75) is 25.8 Å². The fourth-order valence-corrected chi connectivity index (χ4v) is 2.57. The number of aromatic nitrogens is 2. The van der Waals surface area contributed by atoms with Crippen molar-refractivity contribution in [3.8, 4) is 11.3 Å². The van der Waals surface area contributed by atoms with Crippen LogP contribution < -0.4 is 5.32 Å². The van der Waals surface area contributed by atoms with E-state index in [4.69, 9.17) is 16.0 Å². The molecule has 6 heteroatoms. The van der Waals surface area contributed by atoms with Gasteiger partial charge in [-0.1, -0.05) is 11.6 Å². The van der Waals surface area contributed by atoms with Crippen LogP contribution in [0.25, 0.3) is 11.3 Å². The van der Waals surface area contributed by atoms with Crippen molar-refractivity contribution in [3.63, 3.8) is 0 Å². The van der Waals surface area contributed by atoms with Gasteiger partial charge >= 0.3 is 0 Å². The molecule has 1 N–H and O–H groups in total. The van der Waals surface area contributed by atoms with Gasteiger partial charge in [0.15, 0.2) is 11.7 Å². The average Bonchev–Trinajstić information content (AvgIpc) is 3.10. The Labute approximate surface area is 151 Å². The summed E-state index contributed by atoms with van der Waals surface area (Å²) in [7, 11) is 0. The predicted molar refractivity (Wildman–Crippen MR) is 96.1 cm³/mol. The molecule has 0 fully saturated rings. The number of amides is 1. The van der Waals surface area contributed by atoms with E-state index in [-0.39, 0.29) is 11.9 Å². The van der Waals surface area contributed by atoms with E-state index in [1.54, 1.807) is 30.7 Å². The lowest BCUT2D eigenvalue weighted by Gasteiger charge is -2.13. The van der Waals surface area contributed by atoms with E-state index < -0.39 is 0 Å². The summed E-state index contributed by atoms with van der Waals surface area (Å²) in [6.07, 6.45) is 5.85. The van der Waals surface area contributed by atoms with E-state index in [1.165, 1.54) is 0 Å². The Morgan fingerprint density at radius 2 is 1.92 bits per heavy atom. The molecule has 1 atom stereocenters. The van der Waals surface area contributed by atoms with Crippen LogP contribution in [-0.4, -0.2) is 15.9 Å². The first-order valence-corrected chi connectivity index (χ1v) is 8.39. The van der Waals surface area contributed by atoms with Gasteiger partial charge in [0.1, 0.15) is 0 Å². The van der Waals surface area contributed by atoms with Crippen LogP contribution in [0.15, 0.2) is 59.4 Å². The highest BCUT2D eigenvalue weighted by Gasteiger charge is 2.12. The molecule has 128 valence electrons. The molecule has 5 nitrogen and oxygen atoms in total. The van der Waals surface area contributed by atoms with Gasteiger partial charge in [-0.2, -0.15) is 0 Å². The molecule has 0 saturated carbocycles. The number of pyridine rings is 1. The van der Waals surface area contributed by atoms with E-state index in [0.717, 1.165) is 11.1 Å². The number of nitrogens with zero attached hydrogens (tertiary/aromatic N) is 2. The predicted octanol–water partition coefficient (Wildman–Crippen LogP) is 4.20. The zero-order valence-electron chi connectivity index (χ0n) is 13.8. The van der Waals surface area contributed by atoms with Gasteiger partial charge in [0.25, 0.3) is 0 Å². The van der Waals surface area contributed by atoms with Crippen LogP contribution in [0.3, 0.4) is 0 Å². The number of oxazole rings is 1. The highest BCUT2D eigenvalue weighted by Crippen LogP contribution is 2.22. The molecule has 0 spiro atoms. The van der Waals surface area contributed by atoms with E-state index in [9.17, 15) is 4.79 Å². The van der Waals surface area contributed by atoms with Crippen LogP contribution in [0, 0.1) is 0 Å². The third-order valence-electron chi connectivity index (χ3n) is 3.83. The maximum Gasteiger partial charge on any atom is 0.220 e. The van der Waals surface area contributed by atoms with Crippen LogP contribution in [0.5, 0.6) is 0 Å². The third kappa shape index (κ3) is 4.67. The van der Waals surface area contributed by atoms with Gasteiger partial charge in [0, 0.05) is 35.8 Å². The Balaban J connectivity index is 1.53. The second kappa shape index (κ2) is 7.94. The quantitative estimate of drug-likeness (QED) is 0.719. The number of rotatable bonds is 6. The van der Waals surface area contributed by atoms with E-state index in [1.807, 2.05) is 31.2 Å². The first-order valence-electron chi connectivity index (χ1n) is 8.02. The van der Waals surface area contributed by atoms with Crippen molar-refractivity contribution in [1.82, 2.24) is 15.3 Å². The summed E-state index contributed by atoms with van der Waals surface area (Å²) < 4.78 is 5.71. The molecule has 0 aliphatic heterocycles. The molecule has 1 unspecified atom stereocenters. The summed E-state index contributed by atoms with van der Waals surface area (Å²) in [5.74, 6) is 1.16. The van der Waals surface area contributed by atoms with Gasteiger partial charge < -0.3 is 9.73 Å². The number of hydrogen-bond acceptors (Lipinski definition) is 4. The Kier molecular flexibility index (Phi) is 5.46. The van der Waals surface area contributed by atoms with Crippen molar-refractivity contribution in [2.24, 2.45) is 0 Å². The number of nitrogens with one attached hydrogen (secondary N) is 1. The molecule has 0 radical (unpaired) electrons. The number of carbonyl (C=O) groups is 1. The number of benzene rings is 1. The van der Waals surface area contributed by atoms with Crippen molar-refractivity contribution in [3.05, 3.63) is 71.5 Å². The largest absolute Gasteiger partial charge is 0.441 e. The van der Waals surface area contributed by atoms with Crippen molar-refractivity contribution >= 4 is 17.5 Å². The topological polar surface area (TPSA) is 68.0 Å². The number of halogens is 1. The Morgan fingerprint density at radius 1 is 1.20 bits per heavy atom. The Bertz CT molecular complexity index is 831. The molecule has 1 aromatic carbocycles. The summed E-state index contributed by atoms with van der Waals surface area (Å²) in [4.78, 5) is 20.3. The summed E-state index contributed by atoms with van der Waals surface area (Å²) >= 11 is 5.88. The zero-order valence-corrected chi connectivity index (χ0v) is 14.5. The molecule has 0 aliphatic carbocycles. The van der Waals surface area contributed by atoms with Gasteiger partial charge in [-0.15, -0.1) is 0 Å². The SMILES string of the molecule is CC(NC(=O)CCc1ncc(-c2ccc(Cl)cc2)o1)c1ccncc1. The van der Waals surface area contributed by atoms with Crippen LogP contribution >= 0.6 is 11.6 Å².